The molecule has 0 bridgehead atoms. The molecular weight excluding hydrogens is 202 g/mol. The van der Waals surface area contributed by atoms with Gasteiger partial charge in [0.05, 0.1) is 5.69 Å². The van der Waals surface area contributed by atoms with Crippen LogP contribution in [0.4, 0.5) is 5.82 Å². The molecule has 2 rings (SSSR count). The number of anilines is 1. The van der Waals surface area contributed by atoms with Gasteiger partial charge in [-0.15, -0.1) is 0 Å². The van der Waals surface area contributed by atoms with E-state index < -0.39 is 0 Å². The summed E-state index contributed by atoms with van der Waals surface area (Å²) in [6.45, 7) is 0. The van der Waals surface area contributed by atoms with Crippen LogP contribution in [0.25, 0.3) is 11.3 Å². The number of aromatic hydroxyl groups is 1. The molecule has 4 nitrogen and oxygen atoms in total. The van der Waals surface area contributed by atoms with E-state index in [0.717, 1.165) is 0 Å². The third-order valence-electron chi connectivity index (χ3n) is 1.85. The maximum atomic E-state index is 9.55. The Labute approximate surface area is 85.3 Å². The van der Waals surface area contributed by atoms with Crippen LogP contribution >= 0.6 is 11.6 Å². The second-order valence-electron chi connectivity index (χ2n) is 2.87. The molecule has 0 saturated heterocycles. The molecule has 0 atom stereocenters. The first-order valence-corrected chi connectivity index (χ1v) is 4.34. The second kappa shape index (κ2) is 3.23. The highest BCUT2D eigenvalue weighted by molar-refractivity contribution is 6.30. The van der Waals surface area contributed by atoms with Gasteiger partial charge in [-0.1, -0.05) is 11.6 Å². The summed E-state index contributed by atoms with van der Waals surface area (Å²) in [6.07, 6.45) is 0. The van der Waals surface area contributed by atoms with Crippen molar-refractivity contribution in [2.75, 3.05) is 5.73 Å². The van der Waals surface area contributed by atoms with E-state index in [1.807, 2.05) is 0 Å². The van der Waals surface area contributed by atoms with Gasteiger partial charge < -0.3 is 10.8 Å². The molecule has 1 aromatic heterocycles. The molecule has 0 unspecified atom stereocenters. The van der Waals surface area contributed by atoms with Crippen molar-refractivity contribution in [3.8, 4) is 17.0 Å². The third kappa shape index (κ3) is 1.52. The van der Waals surface area contributed by atoms with Crippen LogP contribution in [0.5, 0.6) is 5.75 Å². The van der Waals surface area contributed by atoms with Gasteiger partial charge in [0.1, 0.15) is 11.6 Å². The first-order valence-electron chi connectivity index (χ1n) is 3.96. The van der Waals surface area contributed by atoms with Crippen LogP contribution in [0.2, 0.25) is 5.02 Å². The lowest BCUT2D eigenvalue weighted by atomic mass is 10.1. The van der Waals surface area contributed by atoms with Crippen LogP contribution in [0.1, 0.15) is 0 Å². The van der Waals surface area contributed by atoms with Crippen LogP contribution in [-0.2, 0) is 0 Å². The molecule has 0 radical (unpaired) electrons. The van der Waals surface area contributed by atoms with Crippen LogP contribution in [0.15, 0.2) is 24.3 Å². The van der Waals surface area contributed by atoms with Crippen LogP contribution in [0.3, 0.4) is 0 Å². The Hall–Kier alpha value is -1.68. The van der Waals surface area contributed by atoms with Crippen molar-refractivity contribution < 1.29 is 5.11 Å². The lowest BCUT2D eigenvalue weighted by Crippen LogP contribution is -1.81. The molecule has 2 aromatic rings. The average Bonchev–Trinajstić information content (AvgIpc) is 2.56. The Balaban J connectivity index is 2.55. The molecule has 0 spiro atoms. The summed E-state index contributed by atoms with van der Waals surface area (Å²) in [4.78, 5) is 0. The highest BCUT2D eigenvalue weighted by Gasteiger charge is 2.07. The van der Waals surface area contributed by atoms with E-state index in [0.29, 0.717) is 22.1 Å². The van der Waals surface area contributed by atoms with Gasteiger partial charge >= 0.3 is 0 Å². The summed E-state index contributed by atoms with van der Waals surface area (Å²) in [6, 6.07) is 6.41. The number of aromatic nitrogens is 2. The quantitative estimate of drug-likeness (QED) is 0.673. The van der Waals surface area contributed by atoms with Crippen LogP contribution < -0.4 is 5.73 Å². The van der Waals surface area contributed by atoms with Gasteiger partial charge in [-0.2, -0.15) is 5.10 Å². The van der Waals surface area contributed by atoms with E-state index in [2.05, 4.69) is 10.2 Å². The molecule has 1 aromatic carbocycles. The number of aromatic amines is 1. The minimum absolute atomic E-state index is 0.137. The molecule has 4 N–H and O–H groups in total. The summed E-state index contributed by atoms with van der Waals surface area (Å²) >= 11 is 5.80. The number of phenolic OH excluding ortho intramolecular Hbond substituents is 1. The molecule has 5 heteroatoms. The van der Waals surface area contributed by atoms with Crippen molar-refractivity contribution in [2.24, 2.45) is 0 Å². The monoisotopic (exact) mass is 209 g/mol. The first-order chi connectivity index (χ1) is 6.66. The summed E-state index contributed by atoms with van der Waals surface area (Å²) in [5, 5.41) is 16.6. The van der Waals surface area contributed by atoms with Gasteiger partial charge in [0.2, 0.25) is 0 Å². The molecular formula is C9H8ClN3O. The van der Waals surface area contributed by atoms with Gasteiger partial charge in [0, 0.05) is 16.7 Å². The number of hydrogen-bond donors (Lipinski definition) is 3. The van der Waals surface area contributed by atoms with E-state index in [1.54, 1.807) is 18.2 Å². The molecule has 1 heterocycles. The normalized spacial score (nSPS) is 10.4. The number of phenols is 1. The first kappa shape index (κ1) is 8.90. The number of benzene rings is 1. The van der Waals surface area contributed by atoms with Crippen molar-refractivity contribution in [2.45, 2.75) is 0 Å². The maximum Gasteiger partial charge on any atom is 0.145 e. The van der Waals surface area contributed by atoms with Crippen LogP contribution in [-0.4, -0.2) is 15.3 Å². The molecule has 0 aliphatic heterocycles. The fourth-order valence-corrected chi connectivity index (χ4v) is 1.37. The number of H-pyrrole nitrogens is 1. The van der Waals surface area contributed by atoms with Crippen molar-refractivity contribution >= 4 is 17.4 Å². The Morgan fingerprint density at radius 1 is 1.36 bits per heavy atom. The van der Waals surface area contributed by atoms with Crippen molar-refractivity contribution in [3.63, 3.8) is 0 Å². The number of nitrogens with zero attached hydrogens (tertiary/aromatic N) is 1. The number of rotatable bonds is 1. The fourth-order valence-electron chi connectivity index (χ4n) is 1.20. The lowest BCUT2D eigenvalue weighted by molar-refractivity contribution is 0.477. The lowest BCUT2D eigenvalue weighted by Gasteiger charge is -2.01. The number of hydrogen-bond acceptors (Lipinski definition) is 3. The summed E-state index contributed by atoms with van der Waals surface area (Å²) < 4.78 is 0. The molecule has 0 aliphatic carbocycles. The molecule has 72 valence electrons. The highest BCUT2D eigenvalue weighted by atomic mass is 35.5. The summed E-state index contributed by atoms with van der Waals surface area (Å²) in [7, 11) is 0. The van der Waals surface area contributed by atoms with E-state index >= 15 is 0 Å². The summed E-state index contributed by atoms with van der Waals surface area (Å²) in [5.41, 5.74) is 6.67. The maximum absolute atomic E-state index is 9.55. The van der Waals surface area contributed by atoms with E-state index in [-0.39, 0.29) is 5.75 Å². The predicted octanol–water partition coefficient (Wildman–Crippen LogP) is 2.02. The van der Waals surface area contributed by atoms with E-state index in [4.69, 9.17) is 17.3 Å². The van der Waals surface area contributed by atoms with Crippen molar-refractivity contribution in [3.05, 3.63) is 29.3 Å². The predicted molar refractivity (Wildman–Crippen MR) is 55.1 cm³/mol. The van der Waals surface area contributed by atoms with Gasteiger partial charge in [-0.25, -0.2) is 0 Å². The van der Waals surface area contributed by atoms with E-state index in [9.17, 15) is 5.11 Å². The third-order valence-corrected chi connectivity index (χ3v) is 2.08. The van der Waals surface area contributed by atoms with Gasteiger partial charge in [-0.3, -0.25) is 5.10 Å². The molecule has 0 saturated carbocycles. The molecule has 0 amide bonds. The average molecular weight is 210 g/mol. The van der Waals surface area contributed by atoms with Gasteiger partial charge in [0.25, 0.3) is 0 Å². The summed E-state index contributed by atoms with van der Waals surface area (Å²) in [5.74, 6) is 0.512. The zero-order valence-corrected chi connectivity index (χ0v) is 7.92. The number of nitrogen functional groups attached to an aromatic ring is 1. The van der Waals surface area contributed by atoms with E-state index in [1.165, 1.54) is 6.07 Å². The standard InChI is InChI=1S/C9H8ClN3O/c10-5-1-2-8(14)6(3-5)7-4-9(11)13-12-7/h1-4,14H,(H3,11,12,13). The Morgan fingerprint density at radius 2 is 2.14 bits per heavy atom. The van der Waals surface area contributed by atoms with Crippen LogP contribution in [0, 0.1) is 0 Å². The SMILES string of the molecule is Nc1cc(-c2cc(Cl)ccc2O)[nH]n1. The fraction of sp³-hybridized carbons (Fsp3) is 0. The number of halogens is 1. The zero-order valence-electron chi connectivity index (χ0n) is 7.16. The Morgan fingerprint density at radius 3 is 2.79 bits per heavy atom. The Bertz CT molecular complexity index is 467. The smallest absolute Gasteiger partial charge is 0.145 e. The van der Waals surface area contributed by atoms with Crippen molar-refractivity contribution in [1.29, 1.82) is 0 Å². The van der Waals surface area contributed by atoms with Gasteiger partial charge in [0.15, 0.2) is 0 Å². The number of nitrogens with two attached hydrogens (primary N) is 1. The minimum atomic E-state index is 0.137. The van der Waals surface area contributed by atoms with Gasteiger partial charge in [-0.05, 0) is 18.2 Å². The zero-order chi connectivity index (χ0) is 10.1. The molecule has 0 fully saturated rings. The molecule has 14 heavy (non-hydrogen) atoms. The topological polar surface area (TPSA) is 74.9 Å². The molecule has 0 aliphatic rings. The minimum Gasteiger partial charge on any atom is -0.507 e. The van der Waals surface area contributed by atoms with Crippen molar-refractivity contribution in [1.82, 2.24) is 10.2 Å². The second-order valence-corrected chi connectivity index (χ2v) is 3.30. The largest absolute Gasteiger partial charge is 0.507 e. The Kier molecular flexibility index (Phi) is 2.05. The number of nitrogens with one attached hydrogen (secondary N) is 1. The highest BCUT2D eigenvalue weighted by Crippen LogP contribution is 2.30.